The highest BCUT2D eigenvalue weighted by Gasteiger charge is 2.21. The van der Waals surface area contributed by atoms with Gasteiger partial charge in [-0.2, -0.15) is 0 Å². The summed E-state index contributed by atoms with van der Waals surface area (Å²) in [4.78, 5) is 0. The first-order valence-corrected chi connectivity index (χ1v) is 2.80. The molecule has 0 aromatic heterocycles. The zero-order valence-corrected chi connectivity index (χ0v) is 5.74. The zero-order chi connectivity index (χ0) is 6.78. The number of halogens is 1. The van der Waals surface area contributed by atoms with Gasteiger partial charge in [-0.05, 0) is 13.8 Å². The Kier molecular flexibility index (Phi) is 2.20. The summed E-state index contributed by atoms with van der Waals surface area (Å²) in [6, 6.07) is 0. The van der Waals surface area contributed by atoms with Crippen molar-refractivity contribution in [1.82, 2.24) is 0 Å². The third-order valence-electron chi connectivity index (χ3n) is 1.44. The molecule has 0 fully saturated rings. The van der Waals surface area contributed by atoms with Crippen molar-refractivity contribution in [2.75, 3.05) is 0 Å². The SMILES string of the molecule is C=CC(C)C(C)(C)F. The van der Waals surface area contributed by atoms with Crippen molar-refractivity contribution >= 4 is 0 Å². The largest absolute Gasteiger partial charge is 0.244 e. The highest BCUT2D eigenvalue weighted by atomic mass is 19.1. The molecule has 0 aliphatic heterocycles. The monoisotopic (exact) mass is 116 g/mol. The maximum atomic E-state index is 12.7. The van der Waals surface area contributed by atoms with Gasteiger partial charge in [0.2, 0.25) is 0 Å². The minimum Gasteiger partial charge on any atom is -0.244 e. The summed E-state index contributed by atoms with van der Waals surface area (Å²) < 4.78 is 12.7. The first kappa shape index (κ1) is 7.67. The van der Waals surface area contributed by atoms with Crippen molar-refractivity contribution in [3.63, 3.8) is 0 Å². The molecule has 1 atom stereocenters. The van der Waals surface area contributed by atoms with Crippen molar-refractivity contribution < 1.29 is 4.39 Å². The molecule has 0 spiro atoms. The average molecular weight is 116 g/mol. The molecule has 0 saturated carbocycles. The van der Waals surface area contributed by atoms with Crippen molar-refractivity contribution in [3.8, 4) is 0 Å². The predicted molar refractivity (Wildman–Crippen MR) is 34.5 cm³/mol. The van der Waals surface area contributed by atoms with Crippen LogP contribution in [0.2, 0.25) is 0 Å². The molecule has 0 aromatic rings. The first-order chi connectivity index (χ1) is 3.48. The standard InChI is InChI=1S/C7H13F/c1-5-6(2)7(3,4)8/h5-6H,1H2,2-4H3. The number of alkyl halides is 1. The zero-order valence-electron chi connectivity index (χ0n) is 5.74. The number of hydrogen-bond donors (Lipinski definition) is 0. The van der Waals surface area contributed by atoms with Gasteiger partial charge in [0.1, 0.15) is 5.67 Å². The van der Waals surface area contributed by atoms with Gasteiger partial charge < -0.3 is 0 Å². The highest BCUT2D eigenvalue weighted by molar-refractivity contribution is 4.87. The Bertz CT molecular complexity index is 78.9. The fourth-order valence-corrected chi connectivity index (χ4v) is 0.280. The second-order valence-corrected chi connectivity index (χ2v) is 2.59. The van der Waals surface area contributed by atoms with Gasteiger partial charge in [0.05, 0.1) is 0 Å². The molecule has 0 rings (SSSR count). The van der Waals surface area contributed by atoms with Crippen LogP contribution in [0.3, 0.4) is 0 Å². The Morgan fingerprint density at radius 3 is 2.00 bits per heavy atom. The first-order valence-electron chi connectivity index (χ1n) is 2.80. The molecule has 48 valence electrons. The predicted octanol–water partition coefficient (Wildman–Crippen LogP) is 2.56. The van der Waals surface area contributed by atoms with Crippen LogP contribution in [0.25, 0.3) is 0 Å². The third kappa shape index (κ3) is 2.10. The van der Waals surface area contributed by atoms with Crippen molar-refractivity contribution in [1.29, 1.82) is 0 Å². The van der Waals surface area contributed by atoms with Crippen LogP contribution in [-0.2, 0) is 0 Å². The summed E-state index contributed by atoms with van der Waals surface area (Å²) in [5.41, 5.74) is -1.11. The lowest BCUT2D eigenvalue weighted by Crippen LogP contribution is -2.20. The number of hydrogen-bond acceptors (Lipinski definition) is 0. The smallest absolute Gasteiger partial charge is 0.111 e. The van der Waals surface area contributed by atoms with E-state index in [1.807, 2.05) is 6.92 Å². The molecular weight excluding hydrogens is 103 g/mol. The maximum Gasteiger partial charge on any atom is 0.111 e. The summed E-state index contributed by atoms with van der Waals surface area (Å²) >= 11 is 0. The molecule has 0 N–H and O–H groups in total. The van der Waals surface area contributed by atoms with E-state index >= 15 is 0 Å². The summed E-state index contributed by atoms with van der Waals surface area (Å²) in [5.74, 6) is -0.0532. The molecule has 0 heterocycles. The van der Waals surface area contributed by atoms with Crippen LogP contribution >= 0.6 is 0 Å². The van der Waals surface area contributed by atoms with Crippen molar-refractivity contribution in [3.05, 3.63) is 12.7 Å². The van der Waals surface area contributed by atoms with Gasteiger partial charge >= 0.3 is 0 Å². The van der Waals surface area contributed by atoms with Gasteiger partial charge in [-0.3, -0.25) is 0 Å². The van der Waals surface area contributed by atoms with E-state index in [-0.39, 0.29) is 5.92 Å². The van der Waals surface area contributed by atoms with Crippen LogP contribution in [-0.4, -0.2) is 5.67 Å². The second-order valence-electron chi connectivity index (χ2n) is 2.59. The summed E-state index contributed by atoms with van der Waals surface area (Å²) in [6.45, 7) is 8.41. The second kappa shape index (κ2) is 2.29. The molecule has 0 aromatic carbocycles. The number of allylic oxidation sites excluding steroid dienone is 1. The van der Waals surface area contributed by atoms with Crippen molar-refractivity contribution in [2.24, 2.45) is 5.92 Å². The number of rotatable bonds is 2. The molecule has 0 aliphatic carbocycles. The van der Waals surface area contributed by atoms with Gasteiger partial charge in [-0.1, -0.05) is 13.0 Å². The van der Waals surface area contributed by atoms with Crippen molar-refractivity contribution in [2.45, 2.75) is 26.4 Å². The van der Waals surface area contributed by atoms with Gasteiger partial charge in [0.25, 0.3) is 0 Å². The van der Waals surface area contributed by atoms with Gasteiger partial charge in [-0.15, -0.1) is 6.58 Å². The van der Waals surface area contributed by atoms with E-state index in [1.54, 1.807) is 19.9 Å². The van der Waals surface area contributed by atoms with Crippen LogP contribution in [0, 0.1) is 5.92 Å². The average Bonchev–Trinajstić information content (AvgIpc) is 1.62. The normalized spacial score (nSPS) is 15.5. The molecular formula is C7H13F. The maximum absolute atomic E-state index is 12.7. The quantitative estimate of drug-likeness (QED) is 0.486. The van der Waals surface area contributed by atoms with Gasteiger partial charge in [0.15, 0.2) is 0 Å². The van der Waals surface area contributed by atoms with Crippen LogP contribution in [0.4, 0.5) is 4.39 Å². The van der Waals surface area contributed by atoms with Crippen LogP contribution < -0.4 is 0 Å². The lowest BCUT2D eigenvalue weighted by molar-refractivity contribution is 0.165. The van der Waals surface area contributed by atoms with Crippen LogP contribution in [0.1, 0.15) is 20.8 Å². The Morgan fingerprint density at radius 2 is 2.00 bits per heavy atom. The molecule has 1 unspecified atom stereocenters. The molecule has 0 aliphatic rings. The molecule has 0 amide bonds. The summed E-state index contributed by atoms with van der Waals surface area (Å²) in [6.07, 6.45) is 1.62. The van der Waals surface area contributed by atoms with E-state index in [1.165, 1.54) is 0 Å². The third-order valence-corrected chi connectivity index (χ3v) is 1.44. The van der Waals surface area contributed by atoms with Gasteiger partial charge in [0, 0.05) is 5.92 Å². The molecule has 0 saturated heterocycles. The Balaban J connectivity index is 3.80. The fourth-order valence-electron chi connectivity index (χ4n) is 0.280. The lowest BCUT2D eigenvalue weighted by atomic mass is 9.95. The Labute approximate surface area is 50.4 Å². The summed E-state index contributed by atoms with van der Waals surface area (Å²) in [5, 5.41) is 0. The summed E-state index contributed by atoms with van der Waals surface area (Å²) in [7, 11) is 0. The fraction of sp³-hybridized carbons (Fsp3) is 0.714. The molecule has 0 radical (unpaired) electrons. The van der Waals surface area contributed by atoms with E-state index < -0.39 is 5.67 Å². The van der Waals surface area contributed by atoms with E-state index in [0.717, 1.165) is 0 Å². The topological polar surface area (TPSA) is 0 Å². The molecule has 8 heavy (non-hydrogen) atoms. The highest BCUT2D eigenvalue weighted by Crippen LogP contribution is 2.20. The van der Waals surface area contributed by atoms with E-state index in [9.17, 15) is 4.39 Å². The molecule has 0 bridgehead atoms. The lowest BCUT2D eigenvalue weighted by Gasteiger charge is -2.18. The minimum absolute atomic E-state index is 0.0532. The van der Waals surface area contributed by atoms with E-state index in [4.69, 9.17) is 0 Å². The van der Waals surface area contributed by atoms with E-state index in [2.05, 4.69) is 6.58 Å². The Hall–Kier alpha value is -0.330. The van der Waals surface area contributed by atoms with Crippen LogP contribution in [0.15, 0.2) is 12.7 Å². The Morgan fingerprint density at radius 1 is 1.62 bits per heavy atom. The molecule has 0 nitrogen and oxygen atoms in total. The molecule has 1 heteroatoms. The minimum atomic E-state index is -1.11. The van der Waals surface area contributed by atoms with E-state index in [0.29, 0.717) is 0 Å². The van der Waals surface area contributed by atoms with Crippen LogP contribution in [0.5, 0.6) is 0 Å². The van der Waals surface area contributed by atoms with Gasteiger partial charge in [-0.25, -0.2) is 4.39 Å².